The van der Waals surface area contributed by atoms with Crippen LogP contribution in [0.25, 0.3) is 0 Å². The van der Waals surface area contributed by atoms with E-state index in [1.165, 1.54) is 11.1 Å². The van der Waals surface area contributed by atoms with Crippen molar-refractivity contribution in [2.24, 2.45) is 0 Å². The first-order valence-electron chi connectivity index (χ1n) is 8.60. The lowest BCUT2D eigenvalue weighted by molar-refractivity contribution is 0.103. The van der Waals surface area contributed by atoms with E-state index in [0.717, 1.165) is 16.7 Å². The van der Waals surface area contributed by atoms with Crippen molar-refractivity contribution in [1.82, 2.24) is 0 Å². The molecule has 2 aromatic rings. The van der Waals surface area contributed by atoms with Gasteiger partial charge in [0.05, 0.1) is 0 Å². The molecular formula is C22H28O. The Balaban J connectivity index is 2.66. The van der Waals surface area contributed by atoms with E-state index >= 15 is 0 Å². The van der Waals surface area contributed by atoms with Gasteiger partial charge >= 0.3 is 0 Å². The van der Waals surface area contributed by atoms with Crippen LogP contribution in [-0.4, -0.2) is 5.78 Å². The van der Waals surface area contributed by atoms with Gasteiger partial charge in [0.25, 0.3) is 0 Å². The van der Waals surface area contributed by atoms with Crippen LogP contribution in [-0.2, 0) is 0 Å². The molecule has 0 atom stereocenters. The molecule has 2 aromatic carbocycles. The molecule has 2 rings (SSSR count). The van der Waals surface area contributed by atoms with Gasteiger partial charge in [-0.2, -0.15) is 0 Å². The lowest BCUT2D eigenvalue weighted by Crippen LogP contribution is -2.11. The molecule has 0 saturated carbocycles. The van der Waals surface area contributed by atoms with E-state index in [0.29, 0.717) is 17.8 Å². The van der Waals surface area contributed by atoms with Gasteiger partial charge in [-0.1, -0.05) is 77.9 Å². The lowest BCUT2D eigenvalue weighted by atomic mass is 9.82. The highest BCUT2D eigenvalue weighted by Crippen LogP contribution is 2.33. The molecule has 0 aliphatic carbocycles. The van der Waals surface area contributed by atoms with Crippen molar-refractivity contribution in [1.29, 1.82) is 0 Å². The van der Waals surface area contributed by atoms with E-state index in [1.54, 1.807) is 0 Å². The molecule has 1 heteroatoms. The van der Waals surface area contributed by atoms with Gasteiger partial charge in [0, 0.05) is 11.1 Å². The number of carbonyl (C=O) groups is 1. The monoisotopic (exact) mass is 308 g/mol. The first kappa shape index (κ1) is 17.5. The highest BCUT2D eigenvalue weighted by molar-refractivity contribution is 6.10. The Labute approximate surface area is 140 Å². The molecule has 0 aliphatic heterocycles. The zero-order valence-corrected chi connectivity index (χ0v) is 15.2. The van der Waals surface area contributed by atoms with Gasteiger partial charge in [-0.25, -0.2) is 0 Å². The smallest absolute Gasteiger partial charge is 0.193 e. The Morgan fingerprint density at radius 3 is 1.65 bits per heavy atom. The average Bonchev–Trinajstić information content (AvgIpc) is 2.53. The van der Waals surface area contributed by atoms with Gasteiger partial charge in [0.1, 0.15) is 0 Å². The largest absolute Gasteiger partial charge is 0.289 e. The fourth-order valence-electron chi connectivity index (χ4n) is 3.07. The van der Waals surface area contributed by atoms with Gasteiger partial charge in [-0.15, -0.1) is 0 Å². The molecule has 0 saturated heterocycles. The fourth-order valence-corrected chi connectivity index (χ4v) is 3.07. The third kappa shape index (κ3) is 3.72. The molecule has 0 radical (unpaired) electrons. The average molecular weight is 308 g/mol. The number of carbonyl (C=O) groups excluding carboxylic acids is 1. The number of hydrogen-bond acceptors (Lipinski definition) is 1. The molecule has 0 bridgehead atoms. The predicted octanol–water partition coefficient (Wildman–Crippen LogP) is 6.29. The quantitative estimate of drug-likeness (QED) is 0.593. The summed E-state index contributed by atoms with van der Waals surface area (Å²) in [6.45, 7) is 13.2. The van der Waals surface area contributed by atoms with Crippen LogP contribution in [0, 0.1) is 0 Å². The molecule has 1 nitrogen and oxygen atoms in total. The van der Waals surface area contributed by atoms with Crippen molar-refractivity contribution in [3.05, 3.63) is 70.3 Å². The van der Waals surface area contributed by atoms with Crippen LogP contribution < -0.4 is 0 Å². The van der Waals surface area contributed by atoms with E-state index in [2.05, 4.69) is 53.7 Å². The van der Waals surface area contributed by atoms with Crippen molar-refractivity contribution in [3.8, 4) is 0 Å². The molecule has 0 aromatic heterocycles. The Morgan fingerprint density at radius 2 is 1.17 bits per heavy atom. The molecule has 122 valence electrons. The first-order chi connectivity index (χ1) is 10.8. The Morgan fingerprint density at radius 1 is 0.696 bits per heavy atom. The summed E-state index contributed by atoms with van der Waals surface area (Å²) in [5, 5.41) is 0. The van der Waals surface area contributed by atoms with E-state index < -0.39 is 0 Å². The molecule has 0 N–H and O–H groups in total. The second-order valence-electron chi connectivity index (χ2n) is 7.23. The summed E-state index contributed by atoms with van der Waals surface area (Å²) in [4.78, 5) is 13.0. The minimum absolute atomic E-state index is 0.131. The third-order valence-corrected chi connectivity index (χ3v) is 4.40. The lowest BCUT2D eigenvalue weighted by Gasteiger charge is -2.22. The van der Waals surface area contributed by atoms with Gasteiger partial charge < -0.3 is 0 Å². The number of benzene rings is 2. The number of rotatable bonds is 5. The van der Waals surface area contributed by atoms with Crippen molar-refractivity contribution in [2.45, 2.75) is 59.3 Å². The van der Waals surface area contributed by atoms with Crippen LogP contribution in [0.1, 0.15) is 91.9 Å². The second-order valence-corrected chi connectivity index (χ2v) is 7.23. The van der Waals surface area contributed by atoms with Gasteiger partial charge in [-0.3, -0.25) is 4.79 Å². The topological polar surface area (TPSA) is 17.1 Å². The summed E-state index contributed by atoms with van der Waals surface area (Å²) in [6, 6.07) is 14.0. The van der Waals surface area contributed by atoms with Crippen molar-refractivity contribution >= 4 is 5.78 Å². The van der Waals surface area contributed by atoms with E-state index in [9.17, 15) is 4.79 Å². The summed E-state index contributed by atoms with van der Waals surface area (Å²) in [7, 11) is 0. The Bertz CT molecular complexity index is 679. The zero-order chi connectivity index (χ0) is 17.1. The normalized spacial score (nSPS) is 11.5. The number of ketones is 1. The SMILES string of the molecule is CC(C)c1cc(C(C)C)c(C(C)C)cc1C(=O)c1ccccc1. The maximum Gasteiger partial charge on any atom is 0.193 e. The summed E-state index contributed by atoms with van der Waals surface area (Å²) >= 11 is 0. The summed E-state index contributed by atoms with van der Waals surface area (Å²) in [5.41, 5.74) is 5.45. The number of hydrogen-bond donors (Lipinski definition) is 0. The highest BCUT2D eigenvalue weighted by atomic mass is 16.1. The molecule has 0 spiro atoms. The molecular weight excluding hydrogens is 280 g/mol. The van der Waals surface area contributed by atoms with Crippen molar-refractivity contribution < 1.29 is 4.79 Å². The highest BCUT2D eigenvalue weighted by Gasteiger charge is 2.20. The Hall–Kier alpha value is -1.89. The first-order valence-corrected chi connectivity index (χ1v) is 8.60. The predicted molar refractivity (Wildman–Crippen MR) is 98.6 cm³/mol. The van der Waals surface area contributed by atoms with Crippen LogP contribution in [0.3, 0.4) is 0 Å². The fraction of sp³-hybridized carbons (Fsp3) is 0.409. The van der Waals surface area contributed by atoms with Gasteiger partial charge in [0.2, 0.25) is 0 Å². The maximum atomic E-state index is 13.0. The molecule has 0 heterocycles. The second kappa shape index (κ2) is 7.12. The van der Waals surface area contributed by atoms with E-state index in [4.69, 9.17) is 0 Å². The van der Waals surface area contributed by atoms with Gasteiger partial charge in [0.15, 0.2) is 5.78 Å². The van der Waals surface area contributed by atoms with E-state index in [1.807, 2.05) is 30.3 Å². The molecule has 0 aliphatic rings. The van der Waals surface area contributed by atoms with Crippen molar-refractivity contribution in [2.75, 3.05) is 0 Å². The minimum Gasteiger partial charge on any atom is -0.289 e. The maximum absolute atomic E-state index is 13.0. The standard InChI is InChI=1S/C22H28O/c1-14(2)18-12-20(16(5)6)21(13-19(18)15(3)4)22(23)17-10-8-7-9-11-17/h7-16H,1-6H3. The van der Waals surface area contributed by atoms with Crippen LogP contribution in [0.15, 0.2) is 42.5 Å². The zero-order valence-electron chi connectivity index (χ0n) is 15.2. The summed E-state index contributed by atoms with van der Waals surface area (Å²) < 4.78 is 0. The summed E-state index contributed by atoms with van der Waals surface area (Å²) in [5.74, 6) is 1.34. The summed E-state index contributed by atoms with van der Waals surface area (Å²) in [6.07, 6.45) is 0. The van der Waals surface area contributed by atoms with Crippen LogP contribution in [0.4, 0.5) is 0 Å². The molecule has 0 amide bonds. The van der Waals surface area contributed by atoms with Gasteiger partial charge in [-0.05, 0) is 40.5 Å². The molecule has 23 heavy (non-hydrogen) atoms. The Kier molecular flexibility index (Phi) is 5.41. The molecule has 0 fully saturated rings. The van der Waals surface area contributed by atoms with Crippen LogP contribution in [0.5, 0.6) is 0 Å². The van der Waals surface area contributed by atoms with Crippen molar-refractivity contribution in [3.63, 3.8) is 0 Å². The van der Waals surface area contributed by atoms with E-state index in [-0.39, 0.29) is 5.78 Å². The van der Waals surface area contributed by atoms with Crippen LogP contribution in [0.2, 0.25) is 0 Å². The van der Waals surface area contributed by atoms with Crippen LogP contribution >= 0.6 is 0 Å². The molecule has 0 unspecified atom stereocenters. The minimum atomic E-state index is 0.131. The third-order valence-electron chi connectivity index (χ3n) is 4.40.